The predicted octanol–water partition coefficient (Wildman–Crippen LogP) is 3.76. The molecule has 0 aliphatic rings. The zero-order chi connectivity index (χ0) is 17.6. The number of para-hydroxylation sites is 1. The number of rotatable bonds is 6. The second-order valence-electron chi connectivity index (χ2n) is 5.61. The third-order valence-corrected chi connectivity index (χ3v) is 3.70. The summed E-state index contributed by atoms with van der Waals surface area (Å²) in [7, 11) is 0. The summed E-state index contributed by atoms with van der Waals surface area (Å²) in [6.45, 7) is 1.72. The maximum atomic E-state index is 12.1. The maximum Gasteiger partial charge on any atom is 0.262 e. The third kappa shape index (κ3) is 4.28. The molecule has 5 heteroatoms. The van der Waals surface area contributed by atoms with E-state index in [0.29, 0.717) is 23.0 Å². The number of aryl methyl sites for hydroxylation is 1. The van der Waals surface area contributed by atoms with Crippen molar-refractivity contribution in [1.29, 1.82) is 0 Å². The molecule has 0 spiro atoms. The number of furan rings is 1. The van der Waals surface area contributed by atoms with Gasteiger partial charge in [0.15, 0.2) is 6.61 Å². The van der Waals surface area contributed by atoms with Crippen LogP contribution in [-0.4, -0.2) is 17.6 Å². The highest BCUT2D eigenvalue weighted by atomic mass is 16.5. The average molecular weight is 337 g/mol. The molecular weight excluding hydrogens is 318 g/mol. The Labute approximate surface area is 145 Å². The van der Waals surface area contributed by atoms with Gasteiger partial charge < -0.3 is 19.6 Å². The van der Waals surface area contributed by atoms with Crippen molar-refractivity contribution in [1.82, 2.24) is 0 Å². The van der Waals surface area contributed by atoms with Gasteiger partial charge in [0.2, 0.25) is 0 Å². The van der Waals surface area contributed by atoms with E-state index in [1.54, 1.807) is 18.2 Å². The van der Waals surface area contributed by atoms with Gasteiger partial charge in [-0.25, -0.2) is 0 Å². The van der Waals surface area contributed by atoms with E-state index in [0.717, 1.165) is 11.1 Å². The largest absolute Gasteiger partial charge is 0.483 e. The molecule has 0 radical (unpaired) electrons. The summed E-state index contributed by atoms with van der Waals surface area (Å²) >= 11 is 0. The minimum atomic E-state index is -0.240. The molecule has 5 nitrogen and oxygen atoms in total. The average Bonchev–Trinajstić information content (AvgIpc) is 3.10. The fourth-order valence-electron chi connectivity index (χ4n) is 2.43. The number of amides is 1. The van der Waals surface area contributed by atoms with E-state index < -0.39 is 0 Å². The Morgan fingerprint density at radius 1 is 1.12 bits per heavy atom. The van der Waals surface area contributed by atoms with Gasteiger partial charge in [0.05, 0.1) is 0 Å². The lowest BCUT2D eigenvalue weighted by molar-refractivity contribution is -0.118. The highest BCUT2D eigenvalue weighted by molar-refractivity contribution is 5.92. The summed E-state index contributed by atoms with van der Waals surface area (Å²) in [4.78, 5) is 12.1. The molecule has 0 bridgehead atoms. The molecule has 0 saturated heterocycles. The van der Waals surface area contributed by atoms with E-state index in [1.807, 2.05) is 49.4 Å². The highest BCUT2D eigenvalue weighted by Gasteiger charge is 2.08. The van der Waals surface area contributed by atoms with Gasteiger partial charge in [-0.2, -0.15) is 0 Å². The van der Waals surface area contributed by atoms with Crippen LogP contribution < -0.4 is 10.1 Å². The number of nitrogens with one attached hydrogen (secondary N) is 1. The van der Waals surface area contributed by atoms with Gasteiger partial charge in [0.1, 0.15) is 23.9 Å². The number of aliphatic hydroxyl groups excluding tert-OH is 1. The molecule has 1 heterocycles. The molecule has 0 saturated carbocycles. The molecule has 1 amide bonds. The van der Waals surface area contributed by atoms with Crippen molar-refractivity contribution in [2.24, 2.45) is 0 Å². The Balaban J connectivity index is 1.63. The Bertz CT molecular complexity index is 869. The molecule has 3 rings (SSSR count). The molecule has 1 aromatic heterocycles. The summed E-state index contributed by atoms with van der Waals surface area (Å²) in [6.07, 6.45) is 0. The second kappa shape index (κ2) is 7.68. The molecule has 0 atom stereocenters. The quantitative estimate of drug-likeness (QED) is 0.718. The van der Waals surface area contributed by atoms with E-state index >= 15 is 0 Å². The van der Waals surface area contributed by atoms with Crippen LogP contribution in [-0.2, 0) is 11.4 Å². The van der Waals surface area contributed by atoms with Gasteiger partial charge in [0, 0.05) is 11.3 Å². The van der Waals surface area contributed by atoms with Crippen molar-refractivity contribution in [2.75, 3.05) is 11.9 Å². The molecule has 0 fully saturated rings. The first-order chi connectivity index (χ1) is 12.2. The maximum absolute atomic E-state index is 12.1. The van der Waals surface area contributed by atoms with Crippen molar-refractivity contribution >= 4 is 11.6 Å². The molecule has 25 heavy (non-hydrogen) atoms. The van der Waals surface area contributed by atoms with E-state index in [9.17, 15) is 4.79 Å². The summed E-state index contributed by atoms with van der Waals surface area (Å²) in [5.74, 6) is 1.58. The highest BCUT2D eigenvalue weighted by Crippen LogP contribution is 2.25. The van der Waals surface area contributed by atoms with Crippen LogP contribution in [0.15, 0.2) is 65.1 Å². The van der Waals surface area contributed by atoms with Crippen LogP contribution >= 0.6 is 0 Å². The summed E-state index contributed by atoms with van der Waals surface area (Å²) in [5.41, 5.74) is 2.45. The van der Waals surface area contributed by atoms with Gasteiger partial charge in [-0.15, -0.1) is 0 Å². The molecular formula is C20H19NO4. The standard InChI is InChI=1S/C20H19NO4/c1-14-5-2-3-8-18(14)24-13-20(23)21-16-7-4-6-15(11-16)19-10-9-17(12-22)25-19/h2-11,22H,12-13H2,1H3,(H,21,23). The van der Waals surface area contributed by atoms with Gasteiger partial charge in [-0.1, -0.05) is 30.3 Å². The Morgan fingerprint density at radius 3 is 2.72 bits per heavy atom. The van der Waals surface area contributed by atoms with Gasteiger partial charge in [-0.05, 0) is 42.8 Å². The normalized spacial score (nSPS) is 10.5. The molecule has 0 aliphatic carbocycles. The molecule has 0 unspecified atom stereocenters. The van der Waals surface area contributed by atoms with E-state index in [-0.39, 0.29) is 19.1 Å². The number of anilines is 1. The lowest BCUT2D eigenvalue weighted by Gasteiger charge is -2.10. The Hall–Kier alpha value is -3.05. The summed E-state index contributed by atoms with van der Waals surface area (Å²) in [5, 5.41) is 11.9. The van der Waals surface area contributed by atoms with Crippen molar-refractivity contribution in [3.8, 4) is 17.1 Å². The minimum absolute atomic E-state index is 0.0650. The number of hydrogen-bond acceptors (Lipinski definition) is 4. The lowest BCUT2D eigenvalue weighted by Crippen LogP contribution is -2.20. The summed E-state index contributed by atoms with van der Waals surface area (Å²) < 4.78 is 11.1. The predicted molar refractivity (Wildman–Crippen MR) is 95.4 cm³/mol. The topological polar surface area (TPSA) is 71.7 Å². The molecule has 128 valence electrons. The zero-order valence-corrected chi connectivity index (χ0v) is 13.9. The van der Waals surface area contributed by atoms with E-state index in [4.69, 9.17) is 14.3 Å². The number of benzene rings is 2. The fourth-order valence-corrected chi connectivity index (χ4v) is 2.43. The van der Waals surface area contributed by atoms with Crippen LogP contribution in [0.5, 0.6) is 5.75 Å². The smallest absolute Gasteiger partial charge is 0.262 e. The van der Waals surface area contributed by atoms with Crippen LogP contribution in [0.25, 0.3) is 11.3 Å². The number of aliphatic hydroxyl groups is 1. The first-order valence-corrected chi connectivity index (χ1v) is 7.94. The van der Waals surface area contributed by atoms with Gasteiger partial charge in [-0.3, -0.25) is 4.79 Å². The molecule has 2 N–H and O–H groups in total. The Kier molecular flexibility index (Phi) is 5.16. The van der Waals surface area contributed by atoms with E-state index in [1.165, 1.54) is 0 Å². The minimum Gasteiger partial charge on any atom is -0.483 e. The van der Waals surface area contributed by atoms with Gasteiger partial charge in [0.25, 0.3) is 5.91 Å². The van der Waals surface area contributed by atoms with Crippen molar-refractivity contribution in [2.45, 2.75) is 13.5 Å². The first-order valence-electron chi connectivity index (χ1n) is 7.94. The molecule has 2 aromatic carbocycles. The SMILES string of the molecule is Cc1ccccc1OCC(=O)Nc1cccc(-c2ccc(CO)o2)c1. The van der Waals surface area contributed by atoms with Crippen LogP contribution in [0, 0.1) is 6.92 Å². The zero-order valence-electron chi connectivity index (χ0n) is 13.9. The van der Waals surface area contributed by atoms with Crippen molar-refractivity contribution < 1.29 is 19.1 Å². The van der Waals surface area contributed by atoms with Crippen LogP contribution in [0.3, 0.4) is 0 Å². The fraction of sp³-hybridized carbons (Fsp3) is 0.150. The van der Waals surface area contributed by atoms with Gasteiger partial charge >= 0.3 is 0 Å². The number of carbonyl (C=O) groups excluding carboxylic acids is 1. The Morgan fingerprint density at radius 2 is 1.96 bits per heavy atom. The number of hydrogen-bond donors (Lipinski definition) is 2. The van der Waals surface area contributed by atoms with E-state index in [2.05, 4.69) is 5.32 Å². The number of ether oxygens (including phenoxy) is 1. The third-order valence-electron chi connectivity index (χ3n) is 3.70. The van der Waals surface area contributed by atoms with Crippen molar-refractivity contribution in [3.05, 3.63) is 72.0 Å². The van der Waals surface area contributed by atoms with Crippen LogP contribution in [0.4, 0.5) is 5.69 Å². The first kappa shape index (κ1) is 16.8. The van der Waals surface area contributed by atoms with Crippen LogP contribution in [0.2, 0.25) is 0 Å². The molecule has 0 aliphatic heterocycles. The molecule has 3 aromatic rings. The summed E-state index contributed by atoms with van der Waals surface area (Å²) in [6, 6.07) is 18.4. The van der Waals surface area contributed by atoms with Crippen molar-refractivity contribution in [3.63, 3.8) is 0 Å². The number of carbonyl (C=O) groups is 1. The van der Waals surface area contributed by atoms with Crippen LogP contribution in [0.1, 0.15) is 11.3 Å². The monoisotopic (exact) mass is 337 g/mol. The lowest BCUT2D eigenvalue weighted by atomic mass is 10.1. The second-order valence-corrected chi connectivity index (χ2v) is 5.61.